The Hall–Kier alpha value is 0.170. The summed E-state index contributed by atoms with van der Waals surface area (Å²) in [5.74, 6) is 2.50. The minimum atomic E-state index is -0.682. The highest BCUT2D eigenvalue weighted by molar-refractivity contribution is 8.77. The zero-order valence-electron chi connectivity index (χ0n) is 7.28. The molecular formula is C8H15O2S2. The maximum absolute atomic E-state index is 10.1. The number of hydrogen-bond acceptors (Lipinski definition) is 3. The lowest BCUT2D eigenvalue weighted by Crippen LogP contribution is -1.93. The Morgan fingerprint density at radius 2 is 2.17 bits per heavy atom. The maximum atomic E-state index is 10.1. The summed E-state index contributed by atoms with van der Waals surface area (Å²) in [7, 11) is 3.57. The van der Waals surface area contributed by atoms with E-state index in [4.69, 9.17) is 5.11 Å². The van der Waals surface area contributed by atoms with Crippen LogP contribution in [0.4, 0.5) is 0 Å². The van der Waals surface area contributed by atoms with E-state index >= 15 is 0 Å². The van der Waals surface area contributed by atoms with Crippen LogP contribution in [0.3, 0.4) is 0 Å². The van der Waals surface area contributed by atoms with Crippen molar-refractivity contribution in [3.05, 3.63) is 5.75 Å². The van der Waals surface area contributed by atoms with E-state index in [2.05, 4.69) is 5.75 Å². The van der Waals surface area contributed by atoms with Gasteiger partial charge in [-0.2, -0.15) is 0 Å². The Bertz CT molecular complexity index is 118. The topological polar surface area (TPSA) is 37.3 Å². The SMILES string of the molecule is C[CH]SSCCCCCC(=O)O. The molecule has 0 spiro atoms. The summed E-state index contributed by atoms with van der Waals surface area (Å²) in [5.41, 5.74) is 0. The molecule has 0 aliphatic rings. The molecule has 0 aliphatic carbocycles. The van der Waals surface area contributed by atoms with E-state index in [9.17, 15) is 4.79 Å². The van der Waals surface area contributed by atoms with Crippen molar-refractivity contribution in [2.24, 2.45) is 0 Å². The summed E-state index contributed by atoms with van der Waals surface area (Å²) < 4.78 is 0. The van der Waals surface area contributed by atoms with Crippen LogP contribution in [-0.2, 0) is 4.79 Å². The fourth-order valence-electron chi connectivity index (χ4n) is 0.730. The minimum absolute atomic E-state index is 0.317. The van der Waals surface area contributed by atoms with Gasteiger partial charge in [0.05, 0.1) is 0 Å². The van der Waals surface area contributed by atoms with Gasteiger partial charge in [-0.15, -0.1) is 0 Å². The smallest absolute Gasteiger partial charge is 0.303 e. The van der Waals surface area contributed by atoms with Gasteiger partial charge in [-0.3, -0.25) is 4.79 Å². The van der Waals surface area contributed by atoms with Crippen molar-refractivity contribution in [1.29, 1.82) is 0 Å². The van der Waals surface area contributed by atoms with Gasteiger partial charge in [-0.25, -0.2) is 0 Å². The number of carboxylic acids is 1. The number of rotatable bonds is 8. The highest BCUT2D eigenvalue weighted by atomic mass is 33.1. The average molecular weight is 207 g/mol. The second-order valence-corrected chi connectivity index (χ2v) is 4.95. The first-order chi connectivity index (χ1) is 5.77. The Morgan fingerprint density at radius 1 is 1.42 bits per heavy atom. The predicted octanol–water partition coefficient (Wildman–Crippen LogP) is 3.19. The molecule has 1 radical (unpaired) electrons. The van der Waals surface area contributed by atoms with Crippen LogP contribution in [0.2, 0.25) is 0 Å². The second kappa shape index (κ2) is 9.26. The zero-order chi connectivity index (χ0) is 9.23. The number of hydrogen-bond donors (Lipinski definition) is 1. The molecule has 12 heavy (non-hydrogen) atoms. The van der Waals surface area contributed by atoms with Crippen molar-refractivity contribution in [2.45, 2.75) is 32.6 Å². The van der Waals surface area contributed by atoms with Crippen LogP contribution in [0.1, 0.15) is 32.6 Å². The van der Waals surface area contributed by atoms with E-state index in [-0.39, 0.29) is 0 Å². The van der Waals surface area contributed by atoms with Gasteiger partial charge in [-0.1, -0.05) is 34.9 Å². The van der Waals surface area contributed by atoms with Crippen LogP contribution < -0.4 is 0 Å². The quantitative estimate of drug-likeness (QED) is 0.490. The monoisotopic (exact) mass is 207 g/mol. The first kappa shape index (κ1) is 12.2. The molecule has 0 fully saturated rings. The normalized spacial score (nSPS) is 10.1. The van der Waals surface area contributed by atoms with Crippen LogP contribution in [0.15, 0.2) is 0 Å². The standard InChI is InChI=1S/C8H15O2S2/c1-2-11-12-7-5-3-4-6-8(9)10/h2H,3-7H2,1H3,(H,9,10). The van der Waals surface area contributed by atoms with Crippen LogP contribution in [0.5, 0.6) is 0 Å². The van der Waals surface area contributed by atoms with Crippen LogP contribution in [0.25, 0.3) is 0 Å². The third-order valence-corrected chi connectivity index (χ3v) is 3.55. The Kier molecular flexibility index (Phi) is 9.39. The summed E-state index contributed by atoms with van der Waals surface area (Å²) in [6.45, 7) is 2.02. The van der Waals surface area contributed by atoms with Crippen LogP contribution >= 0.6 is 21.6 Å². The molecule has 0 heterocycles. The van der Waals surface area contributed by atoms with E-state index in [0.717, 1.165) is 25.0 Å². The number of unbranched alkanes of at least 4 members (excludes halogenated alkanes) is 2. The lowest BCUT2D eigenvalue weighted by atomic mass is 10.2. The molecule has 0 unspecified atom stereocenters. The van der Waals surface area contributed by atoms with Crippen LogP contribution in [0, 0.1) is 5.75 Å². The molecule has 0 rings (SSSR count). The van der Waals surface area contributed by atoms with Gasteiger partial charge in [0.15, 0.2) is 0 Å². The molecular weight excluding hydrogens is 192 g/mol. The minimum Gasteiger partial charge on any atom is -0.481 e. The molecule has 0 aromatic carbocycles. The highest BCUT2D eigenvalue weighted by Gasteiger charge is 1.96. The van der Waals surface area contributed by atoms with Crippen molar-refractivity contribution in [3.63, 3.8) is 0 Å². The lowest BCUT2D eigenvalue weighted by molar-refractivity contribution is -0.137. The fourth-order valence-corrected chi connectivity index (χ4v) is 2.33. The van der Waals surface area contributed by atoms with Crippen molar-refractivity contribution in [3.8, 4) is 0 Å². The van der Waals surface area contributed by atoms with Crippen molar-refractivity contribution in [1.82, 2.24) is 0 Å². The largest absolute Gasteiger partial charge is 0.481 e. The van der Waals surface area contributed by atoms with Gasteiger partial charge in [-0.05, 0) is 12.8 Å². The molecule has 1 N–H and O–H groups in total. The second-order valence-electron chi connectivity index (χ2n) is 2.36. The van der Waals surface area contributed by atoms with E-state index in [0.29, 0.717) is 6.42 Å². The van der Waals surface area contributed by atoms with E-state index in [1.54, 1.807) is 10.8 Å². The molecule has 0 atom stereocenters. The highest BCUT2D eigenvalue weighted by Crippen LogP contribution is 2.24. The van der Waals surface area contributed by atoms with Gasteiger partial charge in [0, 0.05) is 17.9 Å². The van der Waals surface area contributed by atoms with Crippen LogP contribution in [-0.4, -0.2) is 16.8 Å². The van der Waals surface area contributed by atoms with Gasteiger partial charge in [0.1, 0.15) is 0 Å². The zero-order valence-corrected chi connectivity index (χ0v) is 8.92. The summed E-state index contributed by atoms with van der Waals surface area (Å²) in [6, 6.07) is 0. The van der Waals surface area contributed by atoms with E-state index in [1.165, 1.54) is 0 Å². The lowest BCUT2D eigenvalue weighted by Gasteiger charge is -1.97. The fraction of sp³-hybridized carbons (Fsp3) is 0.750. The first-order valence-corrected chi connectivity index (χ1v) is 6.43. The third kappa shape index (κ3) is 10.2. The summed E-state index contributed by atoms with van der Waals surface area (Å²) in [6.07, 6.45) is 3.29. The molecule has 0 aromatic rings. The van der Waals surface area contributed by atoms with Gasteiger partial charge < -0.3 is 5.11 Å². The Morgan fingerprint density at radius 3 is 2.75 bits per heavy atom. The molecule has 0 saturated heterocycles. The van der Waals surface area contributed by atoms with E-state index < -0.39 is 5.97 Å². The van der Waals surface area contributed by atoms with Crippen molar-refractivity contribution in [2.75, 3.05) is 5.75 Å². The number of carboxylic acid groups (broad SMARTS) is 1. The molecule has 0 amide bonds. The van der Waals surface area contributed by atoms with Gasteiger partial charge >= 0.3 is 5.97 Å². The molecule has 0 aromatic heterocycles. The number of carbonyl (C=O) groups is 1. The molecule has 0 bridgehead atoms. The predicted molar refractivity (Wildman–Crippen MR) is 56.1 cm³/mol. The summed E-state index contributed by atoms with van der Waals surface area (Å²) >= 11 is 0. The molecule has 0 saturated carbocycles. The maximum Gasteiger partial charge on any atom is 0.303 e. The summed E-state index contributed by atoms with van der Waals surface area (Å²) in [5, 5.41) is 8.34. The molecule has 4 heteroatoms. The Balaban J connectivity index is 2.86. The van der Waals surface area contributed by atoms with Crippen molar-refractivity contribution >= 4 is 27.6 Å². The molecule has 71 valence electrons. The first-order valence-electron chi connectivity index (χ1n) is 4.05. The summed E-state index contributed by atoms with van der Waals surface area (Å²) in [4.78, 5) is 10.1. The van der Waals surface area contributed by atoms with Crippen molar-refractivity contribution < 1.29 is 9.90 Å². The molecule has 0 aliphatic heterocycles. The average Bonchev–Trinajstić information content (AvgIpc) is 2.02. The number of aliphatic carboxylic acids is 1. The third-order valence-electron chi connectivity index (χ3n) is 1.28. The Labute approximate surface area is 81.9 Å². The van der Waals surface area contributed by atoms with E-state index in [1.807, 2.05) is 17.7 Å². The molecule has 2 nitrogen and oxygen atoms in total. The van der Waals surface area contributed by atoms with Gasteiger partial charge in [0.25, 0.3) is 0 Å². The van der Waals surface area contributed by atoms with Gasteiger partial charge in [0.2, 0.25) is 0 Å².